The van der Waals surface area contributed by atoms with Gasteiger partial charge in [-0.3, -0.25) is 0 Å². The fraction of sp³-hybridized carbons (Fsp3) is 0.114. The third kappa shape index (κ3) is 4.67. The molecule has 0 spiro atoms. The van der Waals surface area contributed by atoms with Crippen LogP contribution in [0.15, 0.2) is 150 Å². The van der Waals surface area contributed by atoms with Gasteiger partial charge < -0.3 is 9.47 Å². The molecule has 0 amide bonds. The molecule has 7 rings (SSSR count). The Morgan fingerprint density at radius 2 is 0.725 bits per heavy atom. The Morgan fingerprint density at radius 3 is 1.10 bits per heavy atom. The summed E-state index contributed by atoms with van der Waals surface area (Å²) < 4.78 is 13.0. The third-order valence-electron chi connectivity index (χ3n) is 7.29. The second kappa shape index (κ2) is 10.6. The van der Waals surface area contributed by atoms with Gasteiger partial charge in [0.25, 0.3) is 0 Å². The lowest BCUT2D eigenvalue weighted by atomic mass is 9.97. The normalized spacial score (nSPS) is 21.7. The van der Waals surface area contributed by atoms with Gasteiger partial charge in [0.15, 0.2) is 12.2 Å². The zero-order valence-electron chi connectivity index (χ0n) is 21.7. The number of benzene rings is 4. The van der Waals surface area contributed by atoms with E-state index in [0.717, 1.165) is 22.3 Å². The first-order valence-electron chi connectivity index (χ1n) is 13.5. The van der Waals surface area contributed by atoms with E-state index in [1.807, 2.05) is 91.0 Å². The fourth-order valence-electron chi connectivity index (χ4n) is 5.33. The lowest BCUT2D eigenvalue weighted by Crippen LogP contribution is -2.13. The van der Waals surface area contributed by atoms with Crippen LogP contribution in [0.3, 0.4) is 0 Å². The molecule has 0 saturated carbocycles. The number of rotatable bonds is 6. The maximum atomic E-state index is 6.51. The Balaban J connectivity index is 1.23. The molecule has 4 atom stereocenters. The molecule has 0 N–H and O–H groups in total. The highest BCUT2D eigenvalue weighted by molar-refractivity contribution is 5.97. The van der Waals surface area contributed by atoms with E-state index in [2.05, 4.69) is 48.5 Å². The number of pyridine rings is 1. The molecule has 2 aliphatic rings. The van der Waals surface area contributed by atoms with Crippen LogP contribution in [0, 0.1) is 0 Å². The van der Waals surface area contributed by atoms with Crippen molar-refractivity contribution >= 4 is 11.8 Å². The van der Waals surface area contributed by atoms with Gasteiger partial charge in [-0.25, -0.2) is 15.0 Å². The minimum Gasteiger partial charge on any atom is -0.465 e. The van der Waals surface area contributed by atoms with Gasteiger partial charge >= 0.3 is 0 Å². The number of nitrogens with zero attached hydrogens (tertiary/aromatic N) is 3. The van der Waals surface area contributed by atoms with Crippen LogP contribution in [-0.2, 0) is 9.47 Å². The molecule has 194 valence electrons. The molecule has 0 aliphatic carbocycles. The summed E-state index contributed by atoms with van der Waals surface area (Å²) >= 11 is 0. The van der Waals surface area contributed by atoms with E-state index in [4.69, 9.17) is 24.4 Å². The summed E-state index contributed by atoms with van der Waals surface area (Å²) in [6, 6.07) is 46.4. The first kappa shape index (κ1) is 24.0. The van der Waals surface area contributed by atoms with Crippen LogP contribution in [0.1, 0.15) is 57.9 Å². The molecule has 2 unspecified atom stereocenters. The van der Waals surface area contributed by atoms with E-state index < -0.39 is 0 Å². The van der Waals surface area contributed by atoms with E-state index in [0.29, 0.717) is 23.2 Å². The minimum atomic E-state index is -0.242. The Hall–Kier alpha value is -5.03. The molecule has 2 aliphatic heterocycles. The summed E-state index contributed by atoms with van der Waals surface area (Å²) in [6.07, 6.45) is -0.483. The first-order chi connectivity index (χ1) is 19.8. The Morgan fingerprint density at radius 1 is 0.375 bits per heavy atom. The van der Waals surface area contributed by atoms with Crippen LogP contribution in [-0.4, -0.2) is 16.8 Å². The highest BCUT2D eigenvalue weighted by Gasteiger charge is 2.36. The molecular weight excluding hydrogens is 494 g/mol. The van der Waals surface area contributed by atoms with Crippen LogP contribution in [0.2, 0.25) is 0 Å². The number of aliphatic imine (C=N–C) groups is 2. The van der Waals surface area contributed by atoms with Gasteiger partial charge in [0.1, 0.15) is 23.5 Å². The molecule has 5 nitrogen and oxygen atoms in total. The minimum absolute atomic E-state index is 0.172. The highest BCUT2D eigenvalue weighted by atomic mass is 16.5. The summed E-state index contributed by atoms with van der Waals surface area (Å²) in [5, 5.41) is 0. The van der Waals surface area contributed by atoms with E-state index in [9.17, 15) is 0 Å². The van der Waals surface area contributed by atoms with Gasteiger partial charge in [-0.15, -0.1) is 0 Å². The van der Waals surface area contributed by atoms with Crippen molar-refractivity contribution in [2.24, 2.45) is 9.98 Å². The lowest BCUT2D eigenvalue weighted by Gasteiger charge is -2.18. The molecule has 0 radical (unpaired) electrons. The van der Waals surface area contributed by atoms with Crippen molar-refractivity contribution in [3.05, 3.63) is 173 Å². The topological polar surface area (TPSA) is 56.1 Å². The van der Waals surface area contributed by atoms with Crippen LogP contribution in [0.4, 0.5) is 0 Å². The average molecular weight is 522 g/mol. The predicted octanol–water partition coefficient (Wildman–Crippen LogP) is 7.60. The lowest BCUT2D eigenvalue weighted by molar-refractivity contribution is 0.195. The number of hydrogen-bond donors (Lipinski definition) is 0. The largest absolute Gasteiger partial charge is 0.465 e. The van der Waals surface area contributed by atoms with Crippen LogP contribution in [0.25, 0.3) is 0 Å². The van der Waals surface area contributed by atoms with Crippen molar-refractivity contribution in [2.75, 3.05) is 0 Å². The second-order valence-corrected chi connectivity index (χ2v) is 9.89. The van der Waals surface area contributed by atoms with E-state index in [-0.39, 0.29) is 24.3 Å². The standard InChI is InChI=1S/C35H27N3O2/c1-5-14-24(15-6-1)30-32(26-18-9-3-10-19-26)39-34(37-30)28-22-13-23-29(36-28)35-38-31(25-16-7-2-8-17-25)33(40-35)27-20-11-4-12-21-27/h1-23,30-33H/t30-,31-,32?,33?/m0/s1. The molecule has 5 heteroatoms. The van der Waals surface area contributed by atoms with Gasteiger partial charge in [-0.05, 0) is 34.4 Å². The molecule has 4 aromatic carbocycles. The van der Waals surface area contributed by atoms with Crippen molar-refractivity contribution in [3.63, 3.8) is 0 Å². The van der Waals surface area contributed by atoms with Crippen molar-refractivity contribution in [2.45, 2.75) is 24.3 Å². The number of hydrogen-bond acceptors (Lipinski definition) is 5. The van der Waals surface area contributed by atoms with Crippen LogP contribution < -0.4 is 0 Å². The molecule has 0 fully saturated rings. The zero-order chi connectivity index (χ0) is 26.7. The quantitative estimate of drug-likeness (QED) is 0.231. The SMILES string of the molecule is c1ccc(C2OC(c3cccc(C4=N[C@@H](c5ccccc5)C(c5ccccc5)O4)n3)=N[C@H]2c2ccccc2)cc1. The van der Waals surface area contributed by atoms with Gasteiger partial charge in [0, 0.05) is 0 Å². The molecule has 1 aromatic heterocycles. The number of aromatic nitrogens is 1. The Bertz CT molecular complexity index is 1530. The molecule has 0 saturated heterocycles. The molecule has 3 heterocycles. The van der Waals surface area contributed by atoms with Crippen molar-refractivity contribution in [1.82, 2.24) is 4.98 Å². The van der Waals surface area contributed by atoms with E-state index >= 15 is 0 Å². The second-order valence-electron chi connectivity index (χ2n) is 9.89. The molecular formula is C35H27N3O2. The summed E-state index contributed by atoms with van der Waals surface area (Å²) in [4.78, 5) is 15.0. The van der Waals surface area contributed by atoms with Crippen molar-refractivity contribution in [1.29, 1.82) is 0 Å². The maximum Gasteiger partial charge on any atom is 0.236 e. The number of ether oxygens (including phenoxy) is 2. The van der Waals surface area contributed by atoms with Gasteiger partial charge in [0.2, 0.25) is 11.8 Å². The highest BCUT2D eigenvalue weighted by Crippen LogP contribution is 2.42. The van der Waals surface area contributed by atoms with E-state index in [1.165, 1.54) is 0 Å². The fourth-order valence-corrected chi connectivity index (χ4v) is 5.33. The van der Waals surface area contributed by atoms with Gasteiger partial charge in [-0.2, -0.15) is 0 Å². The smallest absolute Gasteiger partial charge is 0.236 e. The third-order valence-corrected chi connectivity index (χ3v) is 7.29. The first-order valence-corrected chi connectivity index (χ1v) is 13.5. The van der Waals surface area contributed by atoms with Crippen LogP contribution in [0.5, 0.6) is 0 Å². The van der Waals surface area contributed by atoms with Gasteiger partial charge in [0.05, 0.1) is 0 Å². The summed E-state index contributed by atoms with van der Waals surface area (Å²) in [7, 11) is 0. The molecule has 0 bridgehead atoms. The van der Waals surface area contributed by atoms with Crippen molar-refractivity contribution < 1.29 is 9.47 Å². The molecule has 5 aromatic rings. The maximum absolute atomic E-state index is 6.51. The Kier molecular flexibility index (Phi) is 6.38. The Labute approximate surface area is 233 Å². The average Bonchev–Trinajstić information content (AvgIpc) is 3.69. The molecule has 40 heavy (non-hydrogen) atoms. The van der Waals surface area contributed by atoms with Crippen molar-refractivity contribution in [3.8, 4) is 0 Å². The van der Waals surface area contributed by atoms with Crippen LogP contribution >= 0.6 is 0 Å². The summed E-state index contributed by atoms with van der Waals surface area (Å²) in [6.45, 7) is 0. The summed E-state index contributed by atoms with van der Waals surface area (Å²) in [5.41, 5.74) is 5.66. The zero-order valence-corrected chi connectivity index (χ0v) is 21.7. The van der Waals surface area contributed by atoms with Gasteiger partial charge in [-0.1, -0.05) is 127 Å². The summed E-state index contributed by atoms with van der Waals surface area (Å²) in [5.74, 6) is 1.03. The van der Waals surface area contributed by atoms with E-state index in [1.54, 1.807) is 0 Å². The predicted molar refractivity (Wildman–Crippen MR) is 156 cm³/mol. The monoisotopic (exact) mass is 521 g/mol.